The molecule has 0 radical (unpaired) electrons. The highest BCUT2D eigenvalue weighted by Gasteiger charge is 2.19. The van der Waals surface area contributed by atoms with Crippen molar-refractivity contribution in [2.45, 2.75) is 26.7 Å². The van der Waals surface area contributed by atoms with Crippen molar-refractivity contribution in [3.63, 3.8) is 0 Å². The van der Waals surface area contributed by atoms with Crippen LogP contribution in [0.4, 0.5) is 61.7 Å². The van der Waals surface area contributed by atoms with E-state index in [1.165, 1.54) is 14.2 Å². The fraction of sp³-hybridized carbons (Fsp3) is 0.213. The van der Waals surface area contributed by atoms with Gasteiger partial charge in [0.1, 0.15) is 28.7 Å². The monoisotopic (exact) mass is 1010 g/mol. The Morgan fingerprint density at radius 1 is 0.549 bits per heavy atom. The highest BCUT2D eigenvalue weighted by Crippen LogP contribution is 2.36. The van der Waals surface area contributed by atoms with Gasteiger partial charge in [0, 0.05) is 24.3 Å². The van der Waals surface area contributed by atoms with E-state index < -0.39 is 37.8 Å². The first-order valence-corrected chi connectivity index (χ1v) is 24.6. The number of methoxy groups -OCH3 is 2. The number of amides is 2. The maximum absolute atomic E-state index is 13.4. The molecular formula is C47H49N11O11S2. The van der Waals surface area contributed by atoms with E-state index in [-0.39, 0.29) is 37.5 Å². The fourth-order valence-electron chi connectivity index (χ4n) is 6.27. The Balaban J connectivity index is 1.03. The number of hydrogen-bond donors (Lipinski definition) is 4. The van der Waals surface area contributed by atoms with Crippen molar-refractivity contribution in [2.75, 3.05) is 49.3 Å². The average molecular weight is 1010 g/mol. The summed E-state index contributed by atoms with van der Waals surface area (Å²) in [5, 5.41) is 38.2. The van der Waals surface area contributed by atoms with Gasteiger partial charge >= 0.3 is 6.03 Å². The van der Waals surface area contributed by atoms with Crippen molar-refractivity contribution in [3.05, 3.63) is 132 Å². The van der Waals surface area contributed by atoms with Crippen molar-refractivity contribution in [1.82, 2.24) is 0 Å². The van der Waals surface area contributed by atoms with Gasteiger partial charge in [-0.25, -0.2) is 15.6 Å². The van der Waals surface area contributed by atoms with E-state index in [9.17, 15) is 21.6 Å². The number of nitrogens with one attached hydrogen (secondary N) is 1. The van der Waals surface area contributed by atoms with Crippen LogP contribution in [0.15, 0.2) is 162 Å². The minimum atomic E-state index is -4.05. The standard InChI is InChI=1S/C47H49N11O11S2/c1-31-25-35(52-50-33-9-5-11-39(27-33)68-21-7-23-70(60,61)62)13-17-41(31)56-54-37-15-19-43(45(29-37)66-3)49-47(59)58(48)44-20-16-38(30-46(44)67-4)55-57-42-18-14-36(26-32(42)2)53-51-34-10-6-12-40(28-34)69-22-8-24-71(63,64)65/h5-6,9-20,25-30H,7-8,21-24,48H2,1-4H3,(H,49,59)(H,60,61,62)(H,63,64,65). The molecular weight excluding hydrogens is 959 g/mol. The summed E-state index contributed by atoms with van der Waals surface area (Å²) in [6.07, 6.45) is 0.270. The van der Waals surface area contributed by atoms with E-state index in [1.807, 2.05) is 13.8 Å². The Hall–Kier alpha value is -8.03. The fourth-order valence-corrected chi connectivity index (χ4v) is 7.24. The minimum Gasteiger partial charge on any atom is -0.494 e. The molecule has 0 fully saturated rings. The topological polar surface area (TPSA) is 303 Å². The number of ether oxygens (including phenoxy) is 4. The Morgan fingerprint density at radius 2 is 0.958 bits per heavy atom. The second-order valence-electron chi connectivity index (χ2n) is 15.3. The Morgan fingerprint density at radius 3 is 1.41 bits per heavy atom. The summed E-state index contributed by atoms with van der Waals surface area (Å²) < 4.78 is 83.7. The maximum Gasteiger partial charge on any atom is 0.340 e. The lowest BCUT2D eigenvalue weighted by atomic mass is 10.2. The van der Waals surface area contributed by atoms with Gasteiger partial charge in [0.25, 0.3) is 20.2 Å². The highest BCUT2D eigenvalue weighted by molar-refractivity contribution is 7.86. The van der Waals surface area contributed by atoms with E-state index in [0.717, 1.165) is 16.1 Å². The van der Waals surface area contributed by atoms with E-state index in [2.05, 4.69) is 46.2 Å². The first kappa shape index (κ1) is 52.3. The predicted octanol–water partition coefficient (Wildman–Crippen LogP) is 12.2. The molecule has 0 bridgehead atoms. The lowest BCUT2D eigenvalue weighted by Gasteiger charge is -2.20. The molecule has 0 atom stereocenters. The number of benzene rings is 6. The van der Waals surface area contributed by atoms with Gasteiger partial charge in [0.15, 0.2) is 0 Å². The summed E-state index contributed by atoms with van der Waals surface area (Å²) in [6, 6.07) is 33.1. The zero-order valence-corrected chi connectivity index (χ0v) is 40.4. The molecule has 6 aromatic carbocycles. The van der Waals surface area contributed by atoms with Gasteiger partial charge in [-0.3, -0.25) is 9.11 Å². The molecule has 5 N–H and O–H groups in total. The quantitative estimate of drug-likeness (QED) is 0.0123. The molecule has 2 amide bonds. The number of azo groups is 4. The van der Waals surface area contributed by atoms with Gasteiger partial charge < -0.3 is 24.3 Å². The molecule has 6 aromatic rings. The van der Waals surface area contributed by atoms with Crippen molar-refractivity contribution in [2.24, 2.45) is 46.8 Å². The normalized spacial score (nSPS) is 12.0. The molecule has 0 aliphatic heterocycles. The SMILES string of the molecule is COc1cc(N=Nc2ccc(N=Nc3cccc(OCCCS(=O)(=O)O)c3)cc2C)ccc1NC(=O)N(N)c1ccc(N=Nc2ccc(N=Nc3cccc(OCCCS(=O)(=O)O)c3)cc2C)cc1OC. The number of carbonyl (C=O) groups is 1. The van der Waals surface area contributed by atoms with Crippen LogP contribution in [0, 0.1) is 13.8 Å². The number of aryl methyl sites for hydroxylation is 2. The molecule has 6 rings (SSSR count). The zero-order chi connectivity index (χ0) is 51.0. The van der Waals surface area contributed by atoms with Crippen LogP contribution in [0.3, 0.4) is 0 Å². The molecule has 24 heteroatoms. The second-order valence-corrected chi connectivity index (χ2v) is 18.4. The Labute approximate surface area is 409 Å². The first-order chi connectivity index (χ1) is 33.9. The van der Waals surface area contributed by atoms with E-state index in [4.69, 9.17) is 33.9 Å². The smallest absolute Gasteiger partial charge is 0.340 e. The third-order valence-electron chi connectivity index (χ3n) is 9.80. The van der Waals surface area contributed by atoms with Crippen LogP contribution in [-0.2, 0) is 20.2 Å². The van der Waals surface area contributed by atoms with Crippen LogP contribution >= 0.6 is 0 Å². The van der Waals surface area contributed by atoms with Crippen molar-refractivity contribution in [1.29, 1.82) is 0 Å². The molecule has 71 heavy (non-hydrogen) atoms. The van der Waals surface area contributed by atoms with Crippen molar-refractivity contribution < 1.29 is 49.7 Å². The van der Waals surface area contributed by atoms with Crippen LogP contribution in [0.2, 0.25) is 0 Å². The highest BCUT2D eigenvalue weighted by atomic mass is 32.2. The largest absolute Gasteiger partial charge is 0.494 e. The molecule has 370 valence electrons. The van der Waals surface area contributed by atoms with E-state index in [1.54, 1.807) is 121 Å². The minimum absolute atomic E-state index is 0.102. The lowest BCUT2D eigenvalue weighted by Crippen LogP contribution is -2.41. The molecule has 0 saturated carbocycles. The molecule has 22 nitrogen and oxygen atoms in total. The summed E-state index contributed by atoms with van der Waals surface area (Å²) >= 11 is 0. The summed E-state index contributed by atoms with van der Waals surface area (Å²) in [6.45, 7) is 3.91. The molecule has 0 unspecified atom stereocenters. The third kappa shape index (κ3) is 16.6. The number of rotatable bonds is 22. The number of hydrazine groups is 1. The van der Waals surface area contributed by atoms with Gasteiger partial charge in [-0.2, -0.15) is 57.7 Å². The Bertz CT molecular complexity index is 3210. The van der Waals surface area contributed by atoms with Gasteiger partial charge in [0.2, 0.25) is 0 Å². The summed E-state index contributed by atoms with van der Waals surface area (Å²) in [5.74, 6) is 7.00. The number of nitrogens with zero attached hydrogens (tertiary/aromatic N) is 9. The first-order valence-electron chi connectivity index (χ1n) is 21.4. The van der Waals surface area contributed by atoms with Crippen molar-refractivity contribution in [3.8, 4) is 23.0 Å². The number of carbonyl (C=O) groups excluding carboxylic acids is 1. The maximum atomic E-state index is 13.4. The zero-order valence-electron chi connectivity index (χ0n) is 38.8. The van der Waals surface area contributed by atoms with E-state index in [0.29, 0.717) is 68.4 Å². The molecule has 0 spiro atoms. The Kier molecular flexibility index (Phi) is 18.1. The summed E-state index contributed by atoms with van der Waals surface area (Å²) in [4.78, 5) is 13.4. The van der Waals surface area contributed by atoms with E-state index >= 15 is 0 Å². The van der Waals surface area contributed by atoms with Gasteiger partial charge in [-0.05, 0) is 123 Å². The van der Waals surface area contributed by atoms with Crippen LogP contribution < -0.4 is 35.1 Å². The number of hydrogen-bond acceptors (Lipinski definition) is 18. The van der Waals surface area contributed by atoms with Crippen LogP contribution in [-0.4, -0.2) is 70.9 Å². The summed E-state index contributed by atoms with van der Waals surface area (Å²) in [5.41, 5.74) is 6.28. The summed E-state index contributed by atoms with van der Waals surface area (Å²) in [7, 11) is -5.23. The van der Waals surface area contributed by atoms with Gasteiger partial charge in [-0.15, -0.1) is 0 Å². The lowest BCUT2D eigenvalue weighted by molar-refractivity contribution is 0.256. The molecule has 0 saturated heterocycles. The average Bonchev–Trinajstić information content (AvgIpc) is 3.34. The molecule has 0 aromatic heterocycles. The van der Waals surface area contributed by atoms with Gasteiger partial charge in [0.05, 0.1) is 90.1 Å². The predicted molar refractivity (Wildman–Crippen MR) is 267 cm³/mol. The molecule has 0 aliphatic carbocycles. The molecule has 0 heterocycles. The second kappa shape index (κ2) is 24.5. The van der Waals surface area contributed by atoms with Crippen LogP contribution in [0.5, 0.6) is 23.0 Å². The van der Waals surface area contributed by atoms with Gasteiger partial charge in [-0.1, -0.05) is 12.1 Å². The molecule has 0 aliphatic rings. The number of anilines is 2. The van der Waals surface area contributed by atoms with Crippen LogP contribution in [0.1, 0.15) is 24.0 Å². The number of nitrogens with two attached hydrogens (primary N) is 1. The van der Waals surface area contributed by atoms with Crippen molar-refractivity contribution >= 4 is 83.1 Å². The van der Waals surface area contributed by atoms with Crippen LogP contribution in [0.25, 0.3) is 0 Å². The third-order valence-corrected chi connectivity index (χ3v) is 11.4. The number of urea groups is 1.